The average Bonchev–Trinajstić information content (AvgIpc) is 3.01. The van der Waals surface area contributed by atoms with Crippen molar-refractivity contribution in [3.8, 4) is 5.75 Å². The smallest absolute Gasteiger partial charge is 0.298 e. The molecule has 4 rings (SSSR count). The number of halogens is 3. The van der Waals surface area contributed by atoms with Crippen LogP contribution in [0.25, 0.3) is 6.08 Å². The van der Waals surface area contributed by atoms with E-state index in [4.69, 9.17) is 16.3 Å². The second kappa shape index (κ2) is 9.26. The van der Waals surface area contributed by atoms with Gasteiger partial charge in [-0.1, -0.05) is 41.9 Å². The minimum atomic E-state index is -0.425. The Balaban J connectivity index is 1.51. The molecule has 1 saturated heterocycles. The largest absolute Gasteiger partial charge is 0.488 e. The second-order valence-electron chi connectivity index (χ2n) is 6.58. The maximum Gasteiger partial charge on any atom is 0.298 e. The Morgan fingerprint density at radius 2 is 1.87 bits per heavy atom. The molecular formula is C23H14BrClFNO3S. The number of anilines is 1. The molecule has 0 aromatic heterocycles. The van der Waals surface area contributed by atoms with Gasteiger partial charge in [-0.3, -0.25) is 9.59 Å². The normalized spacial score (nSPS) is 15.1. The van der Waals surface area contributed by atoms with Crippen molar-refractivity contribution >= 4 is 62.2 Å². The minimum absolute atomic E-state index is 0.215. The molecule has 0 aliphatic carbocycles. The molecule has 1 aliphatic rings. The zero-order valence-corrected chi connectivity index (χ0v) is 19.0. The van der Waals surface area contributed by atoms with E-state index in [9.17, 15) is 14.0 Å². The van der Waals surface area contributed by atoms with Crippen molar-refractivity contribution in [2.75, 3.05) is 4.90 Å². The molecule has 0 radical (unpaired) electrons. The highest BCUT2D eigenvalue weighted by Crippen LogP contribution is 2.39. The second-order valence-corrected chi connectivity index (χ2v) is 8.83. The highest BCUT2D eigenvalue weighted by molar-refractivity contribution is 9.10. The Morgan fingerprint density at radius 3 is 2.61 bits per heavy atom. The van der Waals surface area contributed by atoms with Gasteiger partial charge in [0.15, 0.2) is 0 Å². The first-order valence-electron chi connectivity index (χ1n) is 9.11. The number of carbonyl (C=O) groups excluding carboxylic acids is 2. The maximum atomic E-state index is 13.3. The summed E-state index contributed by atoms with van der Waals surface area (Å²) < 4.78 is 19.7. The van der Waals surface area contributed by atoms with Crippen molar-refractivity contribution in [3.05, 3.63) is 98.1 Å². The van der Waals surface area contributed by atoms with Crippen molar-refractivity contribution < 1.29 is 18.7 Å². The summed E-state index contributed by atoms with van der Waals surface area (Å²) in [6.07, 6.45) is 1.64. The lowest BCUT2D eigenvalue weighted by Crippen LogP contribution is -2.27. The molecule has 3 aromatic carbocycles. The van der Waals surface area contributed by atoms with Gasteiger partial charge in [-0.05, 0) is 81.3 Å². The van der Waals surface area contributed by atoms with Crippen LogP contribution in [-0.2, 0) is 11.4 Å². The van der Waals surface area contributed by atoms with Crippen molar-refractivity contribution in [2.45, 2.75) is 6.61 Å². The summed E-state index contributed by atoms with van der Waals surface area (Å²) in [4.78, 5) is 26.6. The van der Waals surface area contributed by atoms with E-state index in [0.29, 0.717) is 31.4 Å². The average molecular weight is 519 g/mol. The number of imide groups is 1. The lowest BCUT2D eigenvalue weighted by atomic mass is 10.2. The molecule has 0 unspecified atom stereocenters. The number of amides is 2. The van der Waals surface area contributed by atoms with Gasteiger partial charge in [0.05, 0.1) is 20.1 Å². The van der Waals surface area contributed by atoms with Crippen LogP contribution in [0, 0.1) is 5.82 Å². The molecule has 1 heterocycles. The number of hydrogen-bond acceptors (Lipinski definition) is 4. The number of para-hydroxylation sites is 1. The molecule has 0 atom stereocenters. The number of rotatable bonds is 5. The van der Waals surface area contributed by atoms with E-state index in [1.165, 1.54) is 12.1 Å². The van der Waals surface area contributed by atoms with Crippen molar-refractivity contribution in [1.29, 1.82) is 0 Å². The highest BCUT2D eigenvalue weighted by Gasteiger charge is 2.37. The van der Waals surface area contributed by atoms with Crippen molar-refractivity contribution in [1.82, 2.24) is 0 Å². The summed E-state index contributed by atoms with van der Waals surface area (Å²) >= 11 is 10.5. The number of ether oxygens (including phenoxy) is 1. The highest BCUT2D eigenvalue weighted by atomic mass is 79.9. The topological polar surface area (TPSA) is 46.6 Å². The Bertz CT molecular complexity index is 1220. The zero-order valence-electron chi connectivity index (χ0n) is 15.8. The maximum absolute atomic E-state index is 13.3. The number of carbonyl (C=O) groups is 2. The molecule has 0 N–H and O–H groups in total. The molecule has 3 aromatic rings. The summed E-state index contributed by atoms with van der Waals surface area (Å²) in [6, 6.07) is 18.2. The minimum Gasteiger partial charge on any atom is -0.488 e. The van der Waals surface area contributed by atoms with Gasteiger partial charge in [0.25, 0.3) is 11.1 Å². The summed E-state index contributed by atoms with van der Waals surface area (Å²) in [5.74, 6) is -0.169. The Morgan fingerprint density at radius 1 is 1.06 bits per heavy atom. The molecule has 31 heavy (non-hydrogen) atoms. The standard InChI is InChI=1S/C23H14BrClFNO3S/c24-17-11-14(8-9-20(17)30-13-15-4-3-5-16(26)10-15)12-21-22(28)27(23(29)31-21)19-7-2-1-6-18(19)25/h1-12H,13H2/b21-12-. The van der Waals surface area contributed by atoms with Gasteiger partial charge in [-0.15, -0.1) is 0 Å². The monoisotopic (exact) mass is 517 g/mol. The van der Waals surface area contributed by atoms with Crippen LogP contribution in [0.2, 0.25) is 5.02 Å². The summed E-state index contributed by atoms with van der Waals surface area (Å²) in [5, 5.41) is -0.0768. The quantitative estimate of drug-likeness (QED) is 0.339. The van der Waals surface area contributed by atoms with Crippen LogP contribution in [0.1, 0.15) is 11.1 Å². The molecule has 2 amide bonds. The predicted molar refractivity (Wildman–Crippen MR) is 125 cm³/mol. The molecule has 1 aliphatic heterocycles. The first kappa shape index (κ1) is 21.6. The van der Waals surface area contributed by atoms with Crippen molar-refractivity contribution in [3.63, 3.8) is 0 Å². The van der Waals surface area contributed by atoms with Crippen LogP contribution < -0.4 is 9.64 Å². The van der Waals surface area contributed by atoms with Gasteiger partial charge in [0, 0.05) is 0 Å². The van der Waals surface area contributed by atoms with E-state index in [2.05, 4.69) is 15.9 Å². The molecule has 1 fully saturated rings. The fraction of sp³-hybridized carbons (Fsp3) is 0.0435. The SMILES string of the molecule is O=C1S/C(=C\c2ccc(OCc3cccc(F)c3)c(Br)c2)C(=O)N1c1ccccc1Cl. The van der Waals surface area contributed by atoms with Gasteiger partial charge in [-0.25, -0.2) is 9.29 Å². The summed E-state index contributed by atoms with van der Waals surface area (Å²) in [6.45, 7) is 0.215. The molecule has 4 nitrogen and oxygen atoms in total. The van der Waals surface area contributed by atoms with Gasteiger partial charge in [0.1, 0.15) is 18.2 Å². The van der Waals surface area contributed by atoms with E-state index in [1.54, 1.807) is 60.7 Å². The summed E-state index contributed by atoms with van der Waals surface area (Å²) in [7, 11) is 0. The molecular weight excluding hydrogens is 505 g/mol. The van der Waals surface area contributed by atoms with Crippen LogP contribution in [0.3, 0.4) is 0 Å². The molecule has 8 heteroatoms. The third-order valence-electron chi connectivity index (χ3n) is 4.42. The lowest BCUT2D eigenvalue weighted by Gasteiger charge is -2.13. The van der Waals surface area contributed by atoms with Crippen LogP contribution in [-0.4, -0.2) is 11.1 Å². The number of nitrogens with zero attached hydrogens (tertiary/aromatic N) is 1. The lowest BCUT2D eigenvalue weighted by molar-refractivity contribution is -0.113. The molecule has 0 bridgehead atoms. The molecule has 156 valence electrons. The van der Waals surface area contributed by atoms with Crippen LogP contribution >= 0.6 is 39.3 Å². The number of thioether (sulfide) groups is 1. The first-order chi connectivity index (χ1) is 14.9. The van der Waals surface area contributed by atoms with Crippen molar-refractivity contribution in [2.24, 2.45) is 0 Å². The van der Waals surface area contributed by atoms with E-state index in [0.717, 1.165) is 22.2 Å². The van der Waals surface area contributed by atoms with Gasteiger partial charge in [-0.2, -0.15) is 0 Å². The fourth-order valence-electron chi connectivity index (χ4n) is 2.97. The predicted octanol–water partition coefficient (Wildman–Crippen LogP) is 7.06. The van der Waals surface area contributed by atoms with E-state index >= 15 is 0 Å². The number of benzene rings is 3. The van der Waals surface area contributed by atoms with Gasteiger partial charge in [0.2, 0.25) is 0 Å². The van der Waals surface area contributed by atoms with Gasteiger partial charge < -0.3 is 4.74 Å². The molecule has 0 spiro atoms. The van der Waals surface area contributed by atoms with Crippen LogP contribution in [0.4, 0.5) is 14.9 Å². The van der Waals surface area contributed by atoms with E-state index in [1.807, 2.05) is 0 Å². The van der Waals surface area contributed by atoms with E-state index < -0.39 is 11.1 Å². The zero-order chi connectivity index (χ0) is 22.0. The van der Waals surface area contributed by atoms with E-state index in [-0.39, 0.29) is 12.4 Å². The Labute approximate surface area is 195 Å². The third kappa shape index (κ3) is 4.84. The van der Waals surface area contributed by atoms with Crippen LogP contribution in [0.15, 0.2) is 76.1 Å². The van der Waals surface area contributed by atoms with Crippen LogP contribution in [0.5, 0.6) is 5.75 Å². The molecule has 0 saturated carbocycles. The fourth-order valence-corrected chi connectivity index (χ4v) is 4.54. The first-order valence-corrected chi connectivity index (χ1v) is 11.1. The Kier molecular flexibility index (Phi) is 6.46. The number of hydrogen-bond donors (Lipinski definition) is 0. The Hall–Kier alpha value is -2.61. The van der Waals surface area contributed by atoms with Gasteiger partial charge >= 0.3 is 0 Å². The third-order valence-corrected chi connectivity index (χ3v) is 6.23. The summed E-state index contributed by atoms with van der Waals surface area (Å²) in [5.41, 5.74) is 1.79.